The Morgan fingerprint density at radius 2 is 1.54 bits per heavy atom. The van der Waals surface area contributed by atoms with Gasteiger partial charge in [0.1, 0.15) is 0 Å². The van der Waals surface area contributed by atoms with E-state index < -0.39 is 0 Å². The number of aryl methyl sites for hydroxylation is 4. The Bertz CT molecular complexity index is 655. The average molecular weight is 314 g/mol. The first-order chi connectivity index (χ1) is 11.9. The number of hydrogen-bond donors (Lipinski definition) is 0. The van der Waals surface area contributed by atoms with E-state index in [-0.39, 0.29) is 0 Å². The average Bonchev–Trinajstić information content (AvgIpc) is 2.65. The summed E-state index contributed by atoms with van der Waals surface area (Å²) in [5, 5.41) is 0. The van der Waals surface area contributed by atoms with Crippen LogP contribution in [0.15, 0.2) is 72.9 Å². The molecule has 0 spiro atoms. The highest BCUT2D eigenvalue weighted by atomic mass is 14.7. The van der Waals surface area contributed by atoms with Crippen LogP contribution in [0.2, 0.25) is 0 Å². The van der Waals surface area contributed by atoms with Gasteiger partial charge in [-0.3, -0.25) is 4.98 Å². The lowest BCUT2D eigenvalue weighted by Crippen LogP contribution is -1.98. The first-order valence-electron chi connectivity index (χ1n) is 8.84. The molecule has 0 bridgehead atoms. The summed E-state index contributed by atoms with van der Waals surface area (Å²) in [4.78, 5) is 4.41. The second kappa shape index (κ2) is 9.02. The molecule has 2 aromatic carbocycles. The third kappa shape index (κ3) is 5.06. The fourth-order valence-corrected chi connectivity index (χ4v) is 3.09. The first-order valence-corrected chi connectivity index (χ1v) is 8.84. The quantitative estimate of drug-likeness (QED) is 0.554. The summed E-state index contributed by atoms with van der Waals surface area (Å²) in [6.07, 6.45) is 8.58. The van der Waals surface area contributed by atoms with E-state index in [9.17, 15) is 0 Å². The molecular weight excluding hydrogens is 290 g/mol. The maximum Gasteiger partial charge on any atom is 0.0403 e. The van der Waals surface area contributed by atoms with Crippen molar-refractivity contribution in [3.8, 4) is 0 Å². The standard InChI is InChI=1S/C23H24N/c1-2-10-20(11-3-1)12-8-15-21-13-4-5-14-22(21)16-9-18-23-17-6-7-19-24-23/h1-7,10-11,13,17,19H,8-9,12,15-16,18H2. The molecule has 0 unspecified atom stereocenters. The molecule has 0 saturated carbocycles. The topological polar surface area (TPSA) is 12.9 Å². The third-order valence-electron chi connectivity index (χ3n) is 4.38. The Labute approximate surface area is 145 Å². The van der Waals surface area contributed by atoms with Crippen molar-refractivity contribution >= 4 is 0 Å². The van der Waals surface area contributed by atoms with E-state index in [1.807, 2.05) is 18.3 Å². The summed E-state index contributed by atoms with van der Waals surface area (Å²) < 4.78 is 0. The predicted molar refractivity (Wildman–Crippen MR) is 100 cm³/mol. The molecule has 24 heavy (non-hydrogen) atoms. The predicted octanol–water partition coefficient (Wildman–Crippen LogP) is 5.23. The molecule has 0 amide bonds. The Morgan fingerprint density at radius 1 is 0.708 bits per heavy atom. The summed E-state index contributed by atoms with van der Waals surface area (Å²) in [6, 6.07) is 26.7. The van der Waals surface area contributed by atoms with Crippen molar-refractivity contribution in [2.75, 3.05) is 0 Å². The van der Waals surface area contributed by atoms with Crippen LogP contribution in [0.1, 0.15) is 35.2 Å². The van der Waals surface area contributed by atoms with Gasteiger partial charge in [-0.2, -0.15) is 0 Å². The molecule has 0 aliphatic rings. The van der Waals surface area contributed by atoms with Gasteiger partial charge in [0.05, 0.1) is 0 Å². The number of rotatable bonds is 8. The van der Waals surface area contributed by atoms with Gasteiger partial charge in [0, 0.05) is 11.9 Å². The molecule has 0 fully saturated rings. The van der Waals surface area contributed by atoms with Crippen molar-refractivity contribution in [3.05, 3.63) is 101 Å². The zero-order chi connectivity index (χ0) is 16.5. The zero-order valence-corrected chi connectivity index (χ0v) is 14.1. The maximum absolute atomic E-state index is 4.41. The summed E-state index contributed by atoms with van der Waals surface area (Å²) >= 11 is 0. The number of aromatic nitrogens is 1. The van der Waals surface area contributed by atoms with Crippen LogP contribution in [0.5, 0.6) is 0 Å². The molecule has 1 heterocycles. The van der Waals surface area contributed by atoms with Gasteiger partial charge in [0.25, 0.3) is 0 Å². The van der Waals surface area contributed by atoms with Crippen LogP contribution in [-0.4, -0.2) is 4.98 Å². The SMILES string of the molecule is [c]1cccc(CCCc2ccccc2)c1CCCc1ccccn1. The van der Waals surface area contributed by atoms with Crippen LogP contribution in [-0.2, 0) is 25.7 Å². The second-order valence-electron chi connectivity index (χ2n) is 6.19. The third-order valence-corrected chi connectivity index (χ3v) is 4.38. The molecule has 1 heteroatoms. The van der Waals surface area contributed by atoms with E-state index in [4.69, 9.17) is 0 Å². The maximum atomic E-state index is 4.41. The van der Waals surface area contributed by atoms with Crippen LogP contribution < -0.4 is 0 Å². The van der Waals surface area contributed by atoms with Gasteiger partial charge in [-0.25, -0.2) is 0 Å². The van der Waals surface area contributed by atoms with Crippen LogP contribution in [0.3, 0.4) is 0 Å². The van der Waals surface area contributed by atoms with E-state index in [1.165, 1.54) is 28.8 Å². The Balaban J connectivity index is 1.51. The highest BCUT2D eigenvalue weighted by molar-refractivity contribution is 5.27. The van der Waals surface area contributed by atoms with Crippen molar-refractivity contribution in [2.45, 2.75) is 38.5 Å². The Hall–Kier alpha value is -2.41. The minimum absolute atomic E-state index is 1.03. The molecule has 0 saturated heterocycles. The molecule has 3 rings (SSSR count). The number of pyridine rings is 1. The minimum atomic E-state index is 1.03. The number of nitrogens with zero attached hydrogens (tertiary/aromatic N) is 1. The van der Waals surface area contributed by atoms with Gasteiger partial charge in [0.2, 0.25) is 0 Å². The van der Waals surface area contributed by atoms with E-state index in [2.05, 4.69) is 65.6 Å². The Kier molecular flexibility index (Phi) is 6.18. The minimum Gasteiger partial charge on any atom is -0.261 e. The summed E-state index contributed by atoms with van der Waals surface area (Å²) in [5.41, 5.74) is 5.43. The highest BCUT2D eigenvalue weighted by Gasteiger charge is 2.03. The summed E-state index contributed by atoms with van der Waals surface area (Å²) in [5.74, 6) is 0. The zero-order valence-electron chi connectivity index (χ0n) is 14.1. The fraction of sp³-hybridized carbons (Fsp3) is 0.261. The summed E-state index contributed by atoms with van der Waals surface area (Å²) in [7, 11) is 0. The lowest BCUT2D eigenvalue weighted by molar-refractivity contribution is 0.769. The van der Waals surface area contributed by atoms with E-state index >= 15 is 0 Å². The molecule has 0 atom stereocenters. The van der Waals surface area contributed by atoms with Crippen molar-refractivity contribution in [1.82, 2.24) is 4.98 Å². The molecule has 0 aliphatic heterocycles. The molecule has 121 valence electrons. The first kappa shape index (κ1) is 16.4. The van der Waals surface area contributed by atoms with Gasteiger partial charge >= 0.3 is 0 Å². The molecular formula is C23H24N. The van der Waals surface area contributed by atoms with Gasteiger partial charge in [0.15, 0.2) is 0 Å². The van der Waals surface area contributed by atoms with Gasteiger partial charge < -0.3 is 0 Å². The lowest BCUT2D eigenvalue weighted by Gasteiger charge is -2.09. The molecule has 0 aliphatic carbocycles. The van der Waals surface area contributed by atoms with Crippen molar-refractivity contribution in [1.29, 1.82) is 0 Å². The van der Waals surface area contributed by atoms with E-state index in [0.29, 0.717) is 0 Å². The number of benzene rings is 2. The molecule has 1 radical (unpaired) electrons. The Morgan fingerprint density at radius 3 is 2.38 bits per heavy atom. The van der Waals surface area contributed by atoms with Crippen LogP contribution in [0.25, 0.3) is 0 Å². The number of hydrogen-bond acceptors (Lipinski definition) is 1. The second-order valence-corrected chi connectivity index (χ2v) is 6.19. The normalized spacial score (nSPS) is 10.7. The van der Waals surface area contributed by atoms with Crippen molar-refractivity contribution in [3.63, 3.8) is 0 Å². The molecule has 0 N–H and O–H groups in total. The fourth-order valence-electron chi connectivity index (χ4n) is 3.09. The molecule has 1 aromatic heterocycles. The smallest absolute Gasteiger partial charge is 0.0403 e. The lowest BCUT2D eigenvalue weighted by atomic mass is 9.96. The highest BCUT2D eigenvalue weighted by Crippen LogP contribution is 2.15. The van der Waals surface area contributed by atoms with E-state index in [0.717, 1.165) is 32.1 Å². The van der Waals surface area contributed by atoms with Crippen molar-refractivity contribution in [2.24, 2.45) is 0 Å². The molecule has 3 aromatic rings. The van der Waals surface area contributed by atoms with Gasteiger partial charge in [-0.1, -0.05) is 54.6 Å². The monoisotopic (exact) mass is 314 g/mol. The van der Waals surface area contributed by atoms with Crippen LogP contribution in [0.4, 0.5) is 0 Å². The molecule has 1 nitrogen and oxygen atoms in total. The van der Waals surface area contributed by atoms with Crippen molar-refractivity contribution < 1.29 is 0 Å². The van der Waals surface area contributed by atoms with E-state index in [1.54, 1.807) is 0 Å². The van der Waals surface area contributed by atoms with Gasteiger partial charge in [-0.15, -0.1) is 0 Å². The van der Waals surface area contributed by atoms with Gasteiger partial charge in [-0.05, 0) is 73.4 Å². The van der Waals surface area contributed by atoms with Crippen LogP contribution in [0, 0.1) is 6.07 Å². The summed E-state index contributed by atoms with van der Waals surface area (Å²) in [6.45, 7) is 0. The largest absolute Gasteiger partial charge is 0.261 e. The van der Waals surface area contributed by atoms with Crippen LogP contribution >= 0.6 is 0 Å².